The molecule has 29 heavy (non-hydrogen) atoms. The van der Waals surface area contributed by atoms with Gasteiger partial charge in [-0.15, -0.1) is 11.3 Å². The highest BCUT2D eigenvalue weighted by atomic mass is 32.1. The van der Waals surface area contributed by atoms with E-state index in [-0.39, 0.29) is 5.56 Å². The number of aromatic nitrogens is 4. The van der Waals surface area contributed by atoms with E-state index in [1.165, 1.54) is 17.6 Å². The van der Waals surface area contributed by atoms with Crippen LogP contribution in [0.25, 0.3) is 20.7 Å². The Morgan fingerprint density at radius 1 is 1.34 bits per heavy atom. The summed E-state index contributed by atoms with van der Waals surface area (Å²) in [7, 11) is 3.15. The predicted molar refractivity (Wildman–Crippen MR) is 114 cm³/mol. The molecule has 0 unspecified atom stereocenters. The summed E-state index contributed by atoms with van der Waals surface area (Å²) in [5.41, 5.74) is 3.17. The number of ether oxygens (including phenoxy) is 2. The van der Waals surface area contributed by atoms with Crippen LogP contribution in [0.5, 0.6) is 0 Å². The Kier molecular flexibility index (Phi) is 6.50. The van der Waals surface area contributed by atoms with E-state index in [4.69, 9.17) is 9.47 Å². The van der Waals surface area contributed by atoms with Crippen molar-refractivity contribution in [1.29, 1.82) is 0 Å². The lowest BCUT2D eigenvalue weighted by Gasteiger charge is -2.11. The number of H-pyrrole nitrogens is 2. The fourth-order valence-corrected chi connectivity index (χ4v) is 3.83. The molecule has 0 aliphatic carbocycles. The molecule has 0 aliphatic heterocycles. The number of aryl methyl sites for hydroxylation is 1. The van der Waals surface area contributed by atoms with Crippen molar-refractivity contribution >= 4 is 21.6 Å². The quantitative estimate of drug-likeness (QED) is 0.386. The van der Waals surface area contributed by atoms with Gasteiger partial charge in [0.05, 0.1) is 44.4 Å². The van der Waals surface area contributed by atoms with Crippen LogP contribution < -0.4 is 10.9 Å². The molecule has 3 rings (SSSR count). The summed E-state index contributed by atoms with van der Waals surface area (Å²) in [6.07, 6.45) is 8.76. The van der Waals surface area contributed by atoms with E-state index >= 15 is 0 Å². The standard InChI is InChI=1S/C20H23N5O3S/c1-5-6-14(16(28-4)7-8-27-3)21-11-18-23-15-9-17(13-10-22-25-12(13)2)29-19(15)20(26)24-18/h5-10,21H,11H2,1-4H3,(H,22,25)(H,23,24,26)/b6-5-,8-7+,16-14-. The largest absolute Gasteiger partial charge is 0.504 e. The average molecular weight is 414 g/mol. The first-order valence-corrected chi connectivity index (χ1v) is 9.76. The zero-order valence-electron chi connectivity index (χ0n) is 16.7. The Morgan fingerprint density at radius 2 is 2.17 bits per heavy atom. The third-order valence-corrected chi connectivity index (χ3v) is 5.30. The summed E-state index contributed by atoms with van der Waals surface area (Å²) >= 11 is 1.40. The molecule has 0 aliphatic rings. The minimum absolute atomic E-state index is 0.160. The molecule has 0 fully saturated rings. The topological polar surface area (TPSA) is 105 Å². The second kappa shape index (κ2) is 9.24. The van der Waals surface area contributed by atoms with Crippen molar-refractivity contribution in [1.82, 2.24) is 25.5 Å². The van der Waals surface area contributed by atoms with Gasteiger partial charge in [-0.1, -0.05) is 6.08 Å². The molecule has 9 heteroatoms. The Bertz CT molecular complexity index is 1140. The van der Waals surface area contributed by atoms with Crippen molar-refractivity contribution in [3.8, 4) is 10.4 Å². The van der Waals surface area contributed by atoms with Crippen molar-refractivity contribution in [3.05, 3.63) is 70.1 Å². The van der Waals surface area contributed by atoms with Gasteiger partial charge in [0.15, 0.2) is 0 Å². The number of rotatable bonds is 8. The first kappa shape index (κ1) is 20.4. The van der Waals surface area contributed by atoms with Gasteiger partial charge in [-0.05, 0) is 26.0 Å². The third-order valence-electron chi connectivity index (χ3n) is 4.15. The lowest BCUT2D eigenvalue weighted by atomic mass is 10.2. The van der Waals surface area contributed by atoms with Gasteiger partial charge in [-0.2, -0.15) is 5.10 Å². The van der Waals surface area contributed by atoms with Crippen molar-refractivity contribution in [2.45, 2.75) is 20.4 Å². The first-order chi connectivity index (χ1) is 14.1. The lowest BCUT2D eigenvalue weighted by Crippen LogP contribution is -2.19. The fourth-order valence-electron chi connectivity index (χ4n) is 2.78. The minimum atomic E-state index is -0.160. The van der Waals surface area contributed by atoms with Crippen LogP contribution in [0.4, 0.5) is 0 Å². The van der Waals surface area contributed by atoms with E-state index in [1.807, 2.05) is 32.1 Å². The van der Waals surface area contributed by atoms with E-state index in [1.54, 1.807) is 26.5 Å². The van der Waals surface area contributed by atoms with Crippen molar-refractivity contribution in [2.75, 3.05) is 14.2 Å². The Labute approximate surface area is 172 Å². The van der Waals surface area contributed by atoms with Crippen LogP contribution >= 0.6 is 11.3 Å². The Balaban J connectivity index is 1.90. The number of nitrogens with one attached hydrogen (secondary N) is 3. The highest BCUT2D eigenvalue weighted by Gasteiger charge is 2.13. The van der Waals surface area contributed by atoms with Gasteiger partial charge in [-0.25, -0.2) is 4.98 Å². The molecule has 0 radical (unpaired) electrons. The summed E-state index contributed by atoms with van der Waals surface area (Å²) in [5.74, 6) is 1.13. The summed E-state index contributed by atoms with van der Waals surface area (Å²) in [6, 6.07) is 1.92. The second-order valence-electron chi connectivity index (χ2n) is 6.12. The first-order valence-electron chi connectivity index (χ1n) is 8.94. The molecule has 0 spiro atoms. The van der Waals surface area contributed by atoms with Gasteiger partial charge in [0.2, 0.25) is 0 Å². The number of hydrogen-bond acceptors (Lipinski definition) is 7. The third kappa shape index (κ3) is 4.57. The van der Waals surface area contributed by atoms with Gasteiger partial charge in [0, 0.05) is 22.2 Å². The number of thiophene rings is 1. The maximum Gasteiger partial charge on any atom is 0.268 e. The maximum absolute atomic E-state index is 12.6. The minimum Gasteiger partial charge on any atom is -0.504 e. The van der Waals surface area contributed by atoms with Crippen molar-refractivity contribution in [3.63, 3.8) is 0 Å². The van der Waals surface area contributed by atoms with E-state index in [9.17, 15) is 4.79 Å². The van der Waals surface area contributed by atoms with Crippen LogP contribution in [0.1, 0.15) is 18.4 Å². The van der Waals surface area contributed by atoms with E-state index in [0.717, 1.165) is 21.8 Å². The molecule has 0 bridgehead atoms. The molecule has 0 amide bonds. The second-order valence-corrected chi connectivity index (χ2v) is 7.17. The van der Waals surface area contributed by atoms with Gasteiger partial charge in [0.25, 0.3) is 5.56 Å². The molecule has 152 valence electrons. The predicted octanol–water partition coefficient (Wildman–Crippen LogP) is 3.37. The Morgan fingerprint density at radius 3 is 2.83 bits per heavy atom. The van der Waals surface area contributed by atoms with Gasteiger partial charge in [-0.3, -0.25) is 9.89 Å². The van der Waals surface area contributed by atoms with Crippen molar-refractivity contribution in [2.24, 2.45) is 0 Å². The van der Waals surface area contributed by atoms with Crippen LogP contribution in [0.3, 0.4) is 0 Å². The molecule has 3 aromatic heterocycles. The lowest BCUT2D eigenvalue weighted by molar-refractivity contribution is 0.292. The molecular weight excluding hydrogens is 390 g/mol. The zero-order valence-corrected chi connectivity index (χ0v) is 17.5. The van der Waals surface area contributed by atoms with E-state index in [2.05, 4.69) is 25.5 Å². The van der Waals surface area contributed by atoms with Crippen molar-refractivity contribution < 1.29 is 9.47 Å². The average Bonchev–Trinajstić information content (AvgIpc) is 3.32. The van der Waals surface area contributed by atoms with Crippen LogP contribution in [-0.2, 0) is 16.0 Å². The molecule has 0 saturated heterocycles. The van der Waals surface area contributed by atoms with Crippen LogP contribution in [0, 0.1) is 6.92 Å². The highest BCUT2D eigenvalue weighted by molar-refractivity contribution is 7.22. The SMILES string of the molecule is C\C=C/C(NCc1nc2cc(-c3cn[nH]c3C)sc2c(=O)[nH]1)=C(\C=C\OC)OC. The molecule has 0 atom stereocenters. The molecule has 3 heterocycles. The molecular formula is C20H23N5O3S. The number of hydrogen-bond donors (Lipinski definition) is 3. The molecule has 0 aromatic carbocycles. The Hall–Kier alpha value is -3.33. The summed E-state index contributed by atoms with van der Waals surface area (Å²) in [6.45, 7) is 4.18. The number of methoxy groups -OCH3 is 2. The van der Waals surface area contributed by atoms with Crippen LogP contribution in [0.2, 0.25) is 0 Å². The number of allylic oxidation sites excluding steroid dienone is 3. The van der Waals surface area contributed by atoms with Gasteiger partial charge in [0.1, 0.15) is 16.3 Å². The number of nitrogens with zero attached hydrogens (tertiary/aromatic N) is 2. The molecule has 0 saturated carbocycles. The highest BCUT2D eigenvalue weighted by Crippen LogP contribution is 2.31. The molecule has 3 aromatic rings. The number of aromatic amines is 2. The fraction of sp³-hybridized carbons (Fsp3) is 0.250. The van der Waals surface area contributed by atoms with E-state index in [0.29, 0.717) is 28.3 Å². The van der Waals surface area contributed by atoms with Gasteiger partial charge < -0.3 is 19.8 Å². The van der Waals surface area contributed by atoms with Gasteiger partial charge >= 0.3 is 0 Å². The normalized spacial score (nSPS) is 12.7. The molecule has 3 N–H and O–H groups in total. The van der Waals surface area contributed by atoms with E-state index < -0.39 is 0 Å². The zero-order chi connectivity index (χ0) is 20.8. The smallest absolute Gasteiger partial charge is 0.268 e. The van der Waals surface area contributed by atoms with Crippen LogP contribution in [0.15, 0.2) is 53.0 Å². The maximum atomic E-state index is 12.6. The summed E-state index contributed by atoms with van der Waals surface area (Å²) in [5, 5.41) is 10.2. The summed E-state index contributed by atoms with van der Waals surface area (Å²) < 4.78 is 11.0. The summed E-state index contributed by atoms with van der Waals surface area (Å²) in [4.78, 5) is 21.0. The number of fused-ring (bicyclic) bond motifs is 1. The molecule has 8 nitrogen and oxygen atoms in total. The monoisotopic (exact) mass is 413 g/mol. The van der Waals surface area contributed by atoms with Crippen LogP contribution in [-0.4, -0.2) is 34.4 Å².